The lowest BCUT2D eigenvalue weighted by Crippen LogP contribution is -2.43. The van der Waals surface area contributed by atoms with Crippen LogP contribution in [-0.2, 0) is 6.54 Å². The molecule has 1 rings (SSSR count). The van der Waals surface area contributed by atoms with Gasteiger partial charge in [-0.1, -0.05) is 33.8 Å². The molecular formula is C18H33N3. The van der Waals surface area contributed by atoms with Crippen molar-refractivity contribution in [3.8, 4) is 0 Å². The fraction of sp³-hybridized carbons (Fsp3) is 0.722. The number of aromatic nitrogens is 1. The minimum Gasteiger partial charge on any atom is -0.316 e. The van der Waals surface area contributed by atoms with Crippen LogP contribution in [0.3, 0.4) is 0 Å². The molecule has 0 aliphatic carbocycles. The van der Waals surface area contributed by atoms with Gasteiger partial charge in [0.1, 0.15) is 0 Å². The Labute approximate surface area is 131 Å². The molecule has 0 saturated carbocycles. The Morgan fingerprint density at radius 3 is 2.48 bits per heavy atom. The average Bonchev–Trinajstić information content (AvgIpc) is 2.46. The van der Waals surface area contributed by atoms with Crippen LogP contribution in [0.15, 0.2) is 24.4 Å². The maximum absolute atomic E-state index is 4.43. The third-order valence-corrected chi connectivity index (χ3v) is 4.32. The highest BCUT2D eigenvalue weighted by Crippen LogP contribution is 2.27. The van der Waals surface area contributed by atoms with Crippen LogP contribution >= 0.6 is 0 Å². The lowest BCUT2D eigenvalue weighted by molar-refractivity contribution is 0.148. The topological polar surface area (TPSA) is 28.2 Å². The Morgan fingerprint density at radius 2 is 1.95 bits per heavy atom. The first-order chi connectivity index (χ1) is 10.0. The van der Waals surface area contributed by atoms with Gasteiger partial charge in [0.25, 0.3) is 0 Å². The van der Waals surface area contributed by atoms with E-state index < -0.39 is 0 Å². The molecule has 1 heterocycles. The van der Waals surface area contributed by atoms with Gasteiger partial charge in [-0.2, -0.15) is 0 Å². The summed E-state index contributed by atoms with van der Waals surface area (Å²) < 4.78 is 0. The summed E-state index contributed by atoms with van der Waals surface area (Å²) in [6.45, 7) is 13.4. The zero-order chi connectivity index (χ0) is 15.7. The van der Waals surface area contributed by atoms with Gasteiger partial charge in [0.2, 0.25) is 0 Å². The Morgan fingerprint density at radius 1 is 1.24 bits per heavy atom. The standard InChI is InChI=1S/C18H33N3/c1-6-18(7-2,14-19-12-16(3)4)15-21(5)13-17-10-8-9-11-20-17/h8-11,16,19H,6-7,12-15H2,1-5H3. The maximum atomic E-state index is 4.43. The summed E-state index contributed by atoms with van der Waals surface area (Å²) in [5.74, 6) is 0.711. The first kappa shape index (κ1) is 18.1. The smallest absolute Gasteiger partial charge is 0.0543 e. The van der Waals surface area contributed by atoms with Gasteiger partial charge in [0.15, 0.2) is 0 Å². The Balaban J connectivity index is 2.55. The van der Waals surface area contributed by atoms with Crippen molar-refractivity contribution in [1.29, 1.82) is 0 Å². The van der Waals surface area contributed by atoms with E-state index in [1.54, 1.807) is 0 Å². The Bertz CT molecular complexity index is 371. The van der Waals surface area contributed by atoms with Crippen LogP contribution in [0.4, 0.5) is 0 Å². The van der Waals surface area contributed by atoms with Crippen LogP contribution in [0.5, 0.6) is 0 Å². The largest absolute Gasteiger partial charge is 0.316 e. The molecule has 0 amide bonds. The number of nitrogens with zero attached hydrogens (tertiary/aromatic N) is 2. The van der Waals surface area contributed by atoms with Crippen molar-refractivity contribution >= 4 is 0 Å². The minimum absolute atomic E-state index is 0.360. The summed E-state index contributed by atoms with van der Waals surface area (Å²) in [5.41, 5.74) is 1.51. The lowest BCUT2D eigenvalue weighted by Gasteiger charge is -2.36. The van der Waals surface area contributed by atoms with E-state index in [1.807, 2.05) is 12.3 Å². The molecule has 0 aliphatic rings. The summed E-state index contributed by atoms with van der Waals surface area (Å²) in [6, 6.07) is 6.14. The molecule has 0 spiro atoms. The van der Waals surface area contributed by atoms with Crippen molar-refractivity contribution in [1.82, 2.24) is 15.2 Å². The normalized spacial score (nSPS) is 12.3. The molecular weight excluding hydrogens is 258 g/mol. The van der Waals surface area contributed by atoms with Gasteiger partial charge in [0.05, 0.1) is 5.69 Å². The third kappa shape index (κ3) is 6.58. The molecule has 0 fully saturated rings. The number of hydrogen-bond donors (Lipinski definition) is 1. The second kappa shape index (κ2) is 9.16. The Hall–Kier alpha value is -0.930. The zero-order valence-electron chi connectivity index (χ0n) is 14.5. The molecule has 0 radical (unpaired) electrons. The highest BCUT2D eigenvalue weighted by atomic mass is 15.1. The van der Waals surface area contributed by atoms with Crippen molar-refractivity contribution < 1.29 is 0 Å². The molecule has 0 saturated heterocycles. The molecule has 0 aliphatic heterocycles. The van der Waals surface area contributed by atoms with E-state index in [0.717, 1.165) is 31.9 Å². The zero-order valence-corrected chi connectivity index (χ0v) is 14.5. The third-order valence-electron chi connectivity index (χ3n) is 4.32. The summed E-state index contributed by atoms with van der Waals surface area (Å²) in [4.78, 5) is 6.84. The fourth-order valence-corrected chi connectivity index (χ4v) is 2.80. The molecule has 1 aromatic heterocycles. The van der Waals surface area contributed by atoms with Crippen molar-refractivity contribution in [3.63, 3.8) is 0 Å². The molecule has 0 bridgehead atoms. The quantitative estimate of drug-likeness (QED) is 0.714. The molecule has 21 heavy (non-hydrogen) atoms. The van der Waals surface area contributed by atoms with E-state index in [1.165, 1.54) is 12.8 Å². The Kier molecular flexibility index (Phi) is 7.91. The van der Waals surface area contributed by atoms with Crippen molar-refractivity contribution in [2.45, 2.75) is 47.1 Å². The second-order valence-electron chi connectivity index (χ2n) is 6.73. The molecule has 0 atom stereocenters. The van der Waals surface area contributed by atoms with Gasteiger partial charge in [-0.25, -0.2) is 0 Å². The van der Waals surface area contributed by atoms with Gasteiger partial charge in [0, 0.05) is 25.8 Å². The monoisotopic (exact) mass is 291 g/mol. The van der Waals surface area contributed by atoms with E-state index in [-0.39, 0.29) is 0 Å². The van der Waals surface area contributed by atoms with E-state index in [9.17, 15) is 0 Å². The van der Waals surface area contributed by atoms with Gasteiger partial charge in [-0.15, -0.1) is 0 Å². The van der Waals surface area contributed by atoms with E-state index >= 15 is 0 Å². The SMILES string of the molecule is CCC(CC)(CNCC(C)C)CN(C)Cc1ccccn1. The molecule has 120 valence electrons. The van der Waals surface area contributed by atoms with Crippen LogP contribution in [0, 0.1) is 11.3 Å². The van der Waals surface area contributed by atoms with Gasteiger partial charge >= 0.3 is 0 Å². The first-order valence-corrected chi connectivity index (χ1v) is 8.30. The summed E-state index contributed by atoms with van der Waals surface area (Å²) >= 11 is 0. The molecule has 1 aromatic rings. The average molecular weight is 291 g/mol. The van der Waals surface area contributed by atoms with Crippen LogP contribution in [0.2, 0.25) is 0 Å². The second-order valence-corrected chi connectivity index (χ2v) is 6.73. The maximum Gasteiger partial charge on any atom is 0.0543 e. The minimum atomic E-state index is 0.360. The van der Waals surface area contributed by atoms with E-state index in [0.29, 0.717) is 11.3 Å². The highest BCUT2D eigenvalue weighted by Gasteiger charge is 2.27. The summed E-state index contributed by atoms with van der Waals surface area (Å²) in [7, 11) is 2.21. The van der Waals surface area contributed by atoms with Gasteiger partial charge < -0.3 is 5.32 Å². The first-order valence-electron chi connectivity index (χ1n) is 8.30. The van der Waals surface area contributed by atoms with Crippen LogP contribution in [0.25, 0.3) is 0 Å². The summed E-state index contributed by atoms with van der Waals surface area (Å²) in [6.07, 6.45) is 4.29. The summed E-state index contributed by atoms with van der Waals surface area (Å²) in [5, 5.41) is 3.65. The van der Waals surface area contributed by atoms with Gasteiger partial charge in [-0.05, 0) is 49.9 Å². The molecule has 1 N–H and O–H groups in total. The number of rotatable bonds is 10. The molecule has 0 unspecified atom stereocenters. The molecule has 0 aromatic carbocycles. The van der Waals surface area contributed by atoms with Gasteiger partial charge in [-0.3, -0.25) is 9.88 Å². The fourth-order valence-electron chi connectivity index (χ4n) is 2.80. The van der Waals surface area contributed by atoms with Crippen LogP contribution in [-0.4, -0.2) is 36.6 Å². The van der Waals surface area contributed by atoms with Crippen molar-refractivity contribution in [2.75, 3.05) is 26.7 Å². The van der Waals surface area contributed by atoms with Crippen LogP contribution < -0.4 is 5.32 Å². The predicted octanol–water partition coefficient (Wildman–Crippen LogP) is 3.57. The van der Waals surface area contributed by atoms with Crippen molar-refractivity contribution in [3.05, 3.63) is 30.1 Å². The number of nitrogens with one attached hydrogen (secondary N) is 1. The van der Waals surface area contributed by atoms with Crippen LogP contribution in [0.1, 0.15) is 46.2 Å². The number of pyridine rings is 1. The molecule has 3 heteroatoms. The molecule has 3 nitrogen and oxygen atoms in total. The van der Waals surface area contributed by atoms with E-state index in [4.69, 9.17) is 0 Å². The lowest BCUT2D eigenvalue weighted by atomic mass is 9.81. The van der Waals surface area contributed by atoms with Crippen molar-refractivity contribution in [2.24, 2.45) is 11.3 Å². The number of hydrogen-bond acceptors (Lipinski definition) is 3. The van der Waals surface area contributed by atoms with E-state index in [2.05, 4.69) is 62.1 Å². The predicted molar refractivity (Wildman–Crippen MR) is 91.3 cm³/mol. The highest BCUT2D eigenvalue weighted by molar-refractivity contribution is 5.03.